The normalized spacial score (nSPS) is 13.3. The van der Waals surface area contributed by atoms with Crippen molar-refractivity contribution in [3.63, 3.8) is 0 Å². The Balaban J connectivity index is 2.14. The third-order valence-electron chi connectivity index (χ3n) is 4.50. The molecule has 0 saturated carbocycles. The summed E-state index contributed by atoms with van der Waals surface area (Å²) in [5, 5.41) is 3.21. The molecule has 0 bridgehead atoms. The lowest BCUT2D eigenvalue weighted by Gasteiger charge is -2.25. The van der Waals surface area contributed by atoms with Gasteiger partial charge in [-0.25, -0.2) is 0 Å². The summed E-state index contributed by atoms with van der Waals surface area (Å²) in [6.45, 7) is 10.4. The van der Waals surface area contributed by atoms with E-state index in [2.05, 4.69) is 37.4 Å². The average Bonchev–Trinajstić information content (AvgIpc) is 2.62. The molecule has 0 saturated heterocycles. The molecule has 1 N–H and O–H groups in total. The Bertz CT molecular complexity index is 709. The van der Waals surface area contributed by atoms with Crippen molar-refractivity contribution in [1.82, 2.24) is 5.32 Å². The van der Waals surface area contributed by atoms with Gasteiger partial charge < -0.3 is 10.1 Å². The maximum atomic E-state index is 12.9. The van der Waals surface area contributed by atoms with Crippen LogP contribution in [0.5, 0.6) is 5.75 Å². The van der Waals surface area contributed by atoms with Crippen molar-refractivity contribution in [3.05, 3.63) is 65.2 Å². The predicted octanol–water partition coefficient (Wildman–Crippen LogP) is 5.36. The van der Waals surface area contributed by atoms with E-state index < -0.39 is 6.10 Å². The van der Waals surface area contributed by atoms with Gasteiger partial charge in [0.2, 0.25) is 0 Å². The van der Waals surface area contributed by atoms with Crippen LogP contribution in [-0.4, -0.2) is 12.0 Å². The standard InChI is InChI=1S/C23H31NO2/c1-6-21(26-22-15-17(4)12-13-18(22)5)23(25)24-20(14-16(2)3)19-10-8-7-9-11-19/h7-13,15-16,20-21H,6,14H2,1-5H3,(H,24,25)/t20-,21+/m0/s1. The highest BCUT2D eigenvalue weighted by molar-refractivity contribution is 5.81. The van der Waals surface area contributed by atoms with Crippen LogP contribution in [-0.2, 0) is 4.79 Å². The number of hydrogen-bond donors (Lipinski definition) is 1. The van der Waals surface area contributed by atoms with E-state index in [9.17, 15) is 4.79 Å². The van der Waals surface area contributed by atoms with Gasteiger partial charge in [-0.2, -0.15) is 0 Å². The first-order valence-electron chi connectivity index (χ1n) is 9.50. The lowest BCUT2D eigenvalue weighted by Crippen LogP contribution is -2.40. The molecule has 3 nitrogen and oxygen atoms in total. The number of carbonyl (C=O) groups excluding carboxylic acids is 1. The Hall–Kier alpha value is -2.29. The van der Waals surface area contributed by atoms with Crippen LogP contribution in [0.1, 0.15) is 56.3 Å². The molecule has 0 radical (unpaired) electrons. The van der Waals surface area contributed by atoms with Gasteiger partial charge in [0.05, 0.1) is 6.04 Å². The van der Waals surface area contributed by atoms with Crippen molar-refractivity contribution in [3.8, 4) is 5.75 Å². The number of nitrogens with one attached hydrogen (secondary N) is 1. The summed E-state index contributed by atoms with van der Waals surface area (Å²) in [6.07, 6.45) is 1.03. The summed E-state index contributed by atoms with van der Waals surface area (Å²) < 4.78 is 6.07. The van der Waals surface area contributed by atoms with Crippen molar-refractivity contribution >= 4 is 5.91 Å². The van der Waals surface area contributed by atoms with Gasteiger partial charge in [-0.3, -0.25) is 4.79 Å². The SMILES string of the molecule is CC[C@@H](Oc1cc(C)ccc1C)C(=O)N[C@@H](CC(C)C)c1ccccc1. The Labute approximate surface area is 157 Å². The fraction of sp³-hybridized carbons (Fsp3) is 0.435. The molecule has 2 atom stereocenters. The Kier molecular flexibility index (Phi) is 7.26. The maximum absolute atomic E-state index is 12.9. The van der Waals surface area contributed by atoms with E-state index in [1.165, 1.54) is 0 Å². The Morgan fingerprint density at radius 3 is 2.38 bits per heavy atom. The van der Waals surface area contributed by atoms with Gasteiger partial charge in [0.15, 0.2) is 6.10 Å². The third-order valence-corrected chi connectivity index (χ3v) is 4.50. The Morgan fingerprint density at radius 2 is 1.77 bits per heavy atom. The van der Waals surface area contributed by atoms with E-state index in [-0.39, 0.29) is 11.9 Å². The Morgan fingerprint density at radius 1 is 1.08 bits per heavy atom. The zero-order chi connectivity index (χ0) is 19.1. The minimum Gasteiger partial charge on any atom is -0.480 e. The number of aryl methyl sites for hydroxylation is 2. The molecule has 0 aliphatic carbocycles. The average molecular weight is 354 g/mol. The summed E-state index contributed by atoms with van der Waals surface area (Å²) in [5.74, 6) is 1.22. The minimum absolute atomic E-state index is 0.0000404. The molecule has 0 fully saturated rings. The molecule has 0 unspecified atom stereocenters. The zero-order valence-electron chi connectivity index (χ0n) is 16.6. The second-order valence-electron chi connectivity index (χ2n) is 7.39. The van der Waals surface area contributed by atoms with E-state index in [1.54, 1.807) is 0 Å². The van der Waals surface area contributed by atoms with Crippen LogP contribution in [0.4, 0.5) is 0 Å². The highest BCUT2D eigenvalue weighted by Crippen LogP contribution is 2.24. The molecule has 0 aliphatic heterocycles. The topological polar surface area (TPSA) is 38.3 Å². The zero-order valence-corrected chi connectivity index (χ0v) is 16.6. The van der Waals surface area contributed by atoms with Crippen molar-refractivity contribution in [2.45, 2.75) is 59.6 Å². The first kappa shape index (κ1) is 20.0. The highest BCUT2D eigenvalue weighted by Gasteiger charge is 2.23. The molecule has 3 heteroatoms. The highest BCUT2D eigenvalue weighted by atomic mass is 16.5. The number of rotatable bonds is 8. The van der Waals surface area contributed by atoms with E-state index in [1.807, 2.05) is 51.1 Å². The number of amides is 1. The third kappa shape index (κ3) is 5.62. The van der Waals surface area contributed by atoms with Gasteiger partial charge >= 0.3 is 0 Å². The summed E-state index contributed by atoms with van der Waals surface area (Å²) >= 11 is 0. The molecular weight excluding hydrogens is 322 g/mol. The van der Waals surface area contributed by atoms with Crippen molar-refractivity contribution < 1.29 is 9.53 Å². The van der Waals surface area contributed by atoms with Gasteiger partial charge in [0, 0.05) is 0 Å². The number of hydrogen-bond acceptors (Lipinski definition) is 2. The van der Waals surface area contributed by atoms with E-state index >= 15 is 0 Å². The largest absolute Gasteiger partial charge is 0.480 e. The van der Waals surface area contributed by atoms with Crippen LogP contribution >= 0.6 is 0 Å². The van der Waals surface area contributed by atoms with Crippen LogP contribution in [0.25, 0.3) is 0 Å². The number of carbonyl (C=O) groups is 1. The van der Waals surface area contributed by atoms with Gasteiger partial charge in [-0.1, -0.05) is 63.2 Å². The fourth-order valence-corrected chi connectivity index (χ4v) is 3.01. The molecule has 1 amide bonds. The number of ether oxygens (including phenoxy) is 1. The number of benzene rings is 2. The molecule has 2 aromatic rings. The second kappa shape index (κ2) is 9.42. The van der Waals surface area contributed by atoms with E-state index in [0.717, 1.165) is 28.9 Å². The summed E-state index contributed by atoms with van der Waals surface area (Å²) in [7, 11) is 0. The van der Waals surface area contributed by atoms with Crippen LogP contribution in [0.2, 0.25) is 0 Å². The summed E-state index contributed by atoms with van der Waals surface area (Å²) in [6, 6.07) is 16.2. The van der Waals surface area contributed by atoms with Gasteiger partial charge in [0.25, 0.3) is 5.91 Å². The van der Waals surface area contributed by atoms with Crippen LogP contribution < -0.4 is 10.1 Å². The summed E-state index contributed by atoms with van der Waals surface area (Å²) in [4.78, 5) is 12.9. The van der Waals surface area contributed by atoms with Crippen molar-refractivity contribution in [2.75, 3.05) is 0 Å². The predicted molar refractivity (Wildman–Crippen MR) is 107 cm³/mol. The minimum atomic E-state index is -0.492. The first-order valence-corrected chi connectivity index (χ1v) is 9.50. The van der Waals surface area contributed by atoms with Gasteiger partial charge in [0.1, 0.15) is 5.75 Å². The molecule has 0 spiro atoms. The summed E-state index contributed by atoms with van der Waals surface area (Å²) in [5.41, 5.74) is 3.31. The molecule has 0 heterocycles. The fourth-order valence-electron chi connectivity index (χ4n) is 3.01. The molecular formula is C23H31NO2. The smallest absolute Gasteiger partial charge is 0.261 e. The lowest BCUT2D eigenvalue weighted by molar-refractivity contribution is -0.129. The van der Waals surface area contributed by atoms with Gasteiger partial charge in [-0.15, -0.1) is 0 Å². The quantitative estimate of drug-likeness (QED) is 0.693. The maximum Gasteiger partial charge on any atom is 0.261 e. The first-order chi connectivity index (χ1) is 12.4. The molecule has 0 aromatic heterocycles. The van der Waals surface area contributed by atoms with E-state index in [0.29, 0.717) is 12.3 Å². The molecule has 26 heavy (non-hydrogen) atoms. The molecule has 140 valence electrons. The monoisotopic (exact) mass is 353 g/mol. The van der Waals surface area contributed by atoms with Crippen molar-refractivity contribution in [1.29, 1.82) is 0 Å². The van der Waals surface area contributed by atoms with Crippen LogP contribution in [0, 0.1) is 19.8 Å². The molecule has 2 aromatic carbocycles. The van der Waals surface area contributed by atoms with Crippen LogP contribution in [0.15, 0.2) is 48.5 Å². The van der Waals surface area contributed by atoms with Gasteiger partial charge in [-0.05, 0) is 55.4 Å². The second-order valence-corrected chi connectivity index (χ2v) is 7.39. The molecule has 2 rings (SSSR count). The van der Waals surface area contributed by atoms with E-state index in [4.69, 9.17) is 4.74 Å². The van der Waals surface area contributed by atoms with Crippen molar-refractivity contribution in [2.24, 2.45) is 5.92 Å². The lowest BCUT2D eigenvalue weighted by atomic mass is 9.96. The molecule has 0 aliphatic rings. The van der Waals surface area contributed by atoms with Crippen LogP contribution in [0.3, 0.4) is 0 Å².